The Bertz CT molecular complexity index is 686. The number of nitrogens with one attached hydrogen (secondary N) is 1. The molecule has 0 saturated heterocycles. The number of halogens is 1. The van der Waals surface area contributed by atoms with Gasteiger partial charge in [0, 0.05) is 32.9 Å². The van der Waals surface area contributed by atoms with E-state index in [1.54, 1.807) is 13.4 Å². The zero-order chi connectivity index (χ0) is 17.5. The van der Waals surface area contributed by atoms with Crippen molar-refractivity contribution in [3.05, 3.63) is 42.5 Å². The maximum absolute atomic E-state index is 5.70. The molecule has 0 atom stereocenters. The SMILES string of the molecule is CN=C(NCc1nncn1-c1ccccc1)N(C)CCOCC1CC1.I. The summed E-state index contributed by atoms with van der Waals surface area (Å²) in [5.41, 5.74) is 1.04. The first-order valence-corrected chi connectivity index (χ1v) is 8.71. The Morgan fingerprint density at radius 3 is 2.81 bits per heavy atom. The lowest BCUT2D eigenvalue weighted by Gasteiger charge is -2.22. The number of hydrogen-bond acceptors (Lipinski definition) is 4. The van der Waals surface area contributed by atoms with Crippen LogP contribution in [0.1, 0.15) is 18.7 Å². The molecule has 1 fully saturated rings. The molecule has 0 bridgehead atoms. The van der Waals surface area contributed by atoms with Crippen molar-refractivity contribution in [1.82, 2.24) is 25.0 Å². The van der Waals surface area contributed by atoms with Crippen LogP contribution in [0.25, 0.3) is 5.69 Å². The second-order valence-corrected chi connectivity index (χ2v) is 6.29. The molecule has 1 aromatic carbocycles. The zero-order valence-electron chi connectivity index (χ0n) is 15.3. The molecular formula is C18H27IN6O. The summed E-state index contributed by atoms with van der Waals surface area (Å²) in [5.74, 6) is 2.45. The first-order valence-electron chi connectivity index (χ1n) is 8.71. The molecule has 1 heterocycles. The Hall–Kier alpha value is -1.68. The number of benzene rings is 1. The average molecular weight is 470 g/mol. The average Bonchev–Trinajstić information content (AvgIpc) is 3.35. The zero-order valence-corrected chi connectivity index (χ0v) is 17.7. The Morgan fingerprint density at radius 2 is 2.12 bits per heavy atom. The van der Waals surface area contributed by atoms with Crippen molar-refractivity contribution >= 4 is 29.9 Å². The van der Waals surface area contributed by atoms with E-state index >= 15 is 0 Å². The van der Waals surface area contributed by atoms with Gasteiger partial charge in [0.1, 0.15) is 6.33 Å². The van der Waals surface area contributed by atoms with Crippen LogP contribution >= 0.6 is 24.0 Å². The summed E-state index contributed by atoms with van der Waals surface area (Å²) in [6.45, 7) is 2.96. The lowest BCUT2D eigenvalue weighted by molar-refractivity contribution is 0.115. The lowest BCUT2D eigenvalue weighted by atomic mass is 10.3. The first kappa shape index (κ1) is 20.6. The van der Waals surface area contributed by atoms with Crippen molar-refractivity contribution < 1.29 is 4.74 Å². The second kappa shape index (κ2) is 10.5. The maximum atomic E-state index is 5.70. The van der Waals surface area contributed by atoms with Gasteiger partial charge in [0.05, 0.1) is 13.2 Å². The number of ether oxygens (including phenoxy) is 1. The van der Waals surface area contributed by atoms with Gasteiger partial charge < -0.3 is 15.0 Å². The first-order chi connectivity index (χ1) is 12.3. The molecule has 1 saturated carbocycles. The Labute approximate surface area is 171 Å². The van der Waals surface area contributed by atoms with Crippen molar-refractivity contribution in [2.24, 2.45) is 10.9 Å². The quantitative estimate of drug-likeness (QED) is 0.278. The highest BCUT2D eigenvalue weighted by atomic mass is 127. The largest absolute Gasteiger partial charge is 0.379 e. The summed E-state index contributed by atoms with van der Waals surface area (Å²) in [6, 6.07) is 10.1. The molecule has 0 radical (unpaired) electrons. The minimum atomic E-state index is 0. The molecule has 1 aliphatic rings. The molecule has 26 heavy (non-hydrogen) atoms. The van der Waals surface area contributed by atoms with Gasteiger partial charge in [-0.1, -0.05) is 18.2 Å². The number of aromatic nitrogens is 3. The molecule has 142 valence electrons. The molecule has 7 nitrogen and oxygen atoms in total. The predicted octanol–water partition coefficient (Wildman–Crippen LogP) is 2.32. The van der Waals surface area contributed by atoms with E-state index in [0.29, 0.717) is 13.2 Å². The fraction of sp³-hybridized carbons (Fsp3) is 0.500. The van der Waals surface area contributed by atoms with Gasteiger partial charge in [0.15, 0.2) is 11.8 Å². The fourth-order valence-electron chi connectivity index (χ4n) is 2.57. The summed E-state index contributed by atoms with van der Waals surface area (Å²) in [6.07, 6.45) is 4.37. The molecular weight excluding hydrogens is 443 g/mol. The van der Waals surface area contributed by atoms with E-state index in [0.717, 1.165) is 36.5 Å². The summed E-state index contributed by atoms with van der Waals surface area (Å²) < 4.78 is 7.67. The van der Waals surface area contributed by atoms with Crippen LogP contribution < -0.4 is 5.32 Å². The summed E-state index contributed by atoms with van der Waals surface area (Å²) in [5, 5.41) is 11.6. The van der Waals surface area contributed by atoms with Gasteiger partial charge in [-0.15, -0.1) is 34.2 Å². The van der Waals surface area contributed by atoms with E-state index in [9.17, 15) is 0 Å². The second-order valence-electron chi connectivity index (χ2n) is 6.29. The van der Waals surface area contributed by atoms with Crippen molar-refractivity contribution in [2.75, 3.05) is 33.9 Å². The van der Waals surface area contributed by atoms with Crippen LogP contribution in [-0.4, -0.2) is 59.5 Å². The van der Waals surface area contributed by atoms with Crippen molar-refractivity contribution in [1.29, 1.82) is 0 Å². The van der Waals surface area contributed by atoms with Gasteiger partial charge in [-0.05, 0) is 30.9 Å². The number of guanidine groups is 1. The molecule has 0 aliphatic heterocycles. The molecule has 1 aromatic heterocycles. The minimum Gasteiger partial charge on any atom is -0.379 e. The summed E-state index contributed by atoms with van der Waals surface area (Å²) in [4.78, 5) is 6.40. The third-order valence-corrected chi connectivity index (χ3v) is 4.25. The third kappa shape index (κ3) is 5.94. The highest BCUT2D eigenvalue weighted by Crippen LogP contribution is 2.28. The van der Waals surface area contributed by atoms with E-state index in [1.165, 1.54) is 12.8 Å². The molecule has 0 unspecified atom stereocenters. The maximum Gasteiger partial charge on any atom is 0.193 e. The van der Waals surface area contributed by atoms with Crippen LogP contribution in [0.5, 0.6) is 0 Å². The van der Waals surface area contributed by atoms with E-state index in [-0.39, 0.29) is 24.0 Å². The van der Waals surface area contributed by atoms with Gasteiger partial charge in [0.25, 0.3) is 0 Å². The van der Waals surface area contributed by atoms with Crippen molar-refractivity contribution in [3.63, 3.8) is 0 Å². The molecule has 3 rings (SSSR count). The molecule has 0 amide bonds. The van der Waals surface area contributed by atoms with Crippen LogP contribution in [0.4, 0.5) is 0 Å². The highest BCUT2D eigenvalue weighted by molar-refractivity contribution is 14.0. The lowest BCUT2D eigenvalue weighted by Crippen LogP contribution is -2.40. The topological polar surface area (TPSA) is 67.6 Å². The number of rotatable bonds is 8. The van der Waals surface area contributed by atoms with Crippen LogP contribution in [0.15, 0.2) is 41.7 Å². The van der Waals surface area contributed by atoms with Crippen molar-refractivity contribution in [3.8, 4) is 5.69 Å². The van der Waals surface area contributed by atoms with E-state index < -0.39 is 0 Å². The Balaban J connectivity index is 0.00000243. The number of para-hydroxylation sites is 1. The normalized spacial score (nSPS) is 14.0. The van der Waals surface area contributed by atoms with Crippen LogP contribution in [-0.2, 0) is 11.3 Å². The van der Waals surface area contributed by atoms with Gasteiger partial charge in [0.2, 0.25) is 0 Å². The summed E-state index contributed by atoms with van der Waals surface area (Å²) in [7, 11) is 3.80. The Morgan fingerprint density at radius 1 is 1.35 bits per heavy atom. The van der Waals surface area contributed by atoms with Gasteiger partial charge in [-0.25, -0.2) is 0 Å². The van der Waals surface area contributed by atoms with Gasteiger partial charge in [-0.2, -0.15) is 0 Å². The van der Waals surface area contributed by atoms with Gasteiger partial charge in [-0.3, -0.25) is 9.56 Å². The fourth-order valence-corrected chi connectivity index (χ4v) is 2.57. The number of nitrogens with zero attached hydrogens (tertiary/aromatic N) is 5. The van der Waals surface area contributed by atoms with E-state index in [1.807, 2.05) is 41.9 Å². The monoisotopic (exact) mass is 470 g/mol. The minimum absolute atomic E-state index is 0. The molecule has 8 heteroatoms. The molecule has 2 aromatic rings. The highest BCUT2D eigenvalue weighted by Gasteiger charge is 2.21. The van der Waals surface area contributed by atoms with Crippen molar-refractivity contribution in [2.45, 2.75) is 19.4 Å². The standard InChI is InChI=1S/C18H26N6O.HI/c1-19-18(23(2)10-11-25-13-15-8-9-15)20-12-17-22-21-14-24(17)16-6-4-3-5-7-16;/h3-7,14-15H,8-13H2,1-2H3,(H,19,20);1H. The molecule has 1 aliphatic carbocycles. The van der Waals surface area contributed by atoms with Crippen LogP contribution in [0, 0.1) is 5.92 Å². The Kier molecular flexibility index (Phi) is 8.30. The van der Waals surface area contributed by atoms with E-state index in [4.69, 9.17) is 4.74 Å². The number of aliphatic imine (C=N–C) groups is 1. The third-order valence-electron chi connectivity index (χ3n) is 4.25. The summed E-state index contributed by atoms with van der Waals surface area (Å²) >= 11 is 0. The molecule has 0 spiro atoms. The van der Waals surface area contributed by atoms with E-state index in [2.05, 4.69) is 25.4 Å². The number of hydrogen-bond donors (Lipinski definition) is 1. The predicted molar refractivity (Wildman–Crippen MR) is 113 cm³/mol. The van der Waals surface area contributed by atoms with Crippen LogP contribution in [0.2, 0.25) is 0 Å². The smallest absolute Gasteiger partial charge is 0.193 e. The van der Waals surface area contributed by atoms with Crippen LogP contribution in [0.3, 0.4) is 0 Å². The number of likely N-dealkylation sites (N-methyl/N-ethyl adjacent to an activating group) is 1. The van der Waals surface area contributed by atoms with Gasteiger partial charge >= 0.3 is 0 Å². The molecule has 1 N–H and O–H groups in total.